The summed E-state index contributed by atoms with van der Waals surface area (Å²) in [5.41, 5.74) is 8.60. The van der Waals surface area contributed by atoms with Crippen molar-refractivity contribution in [1.29, 1.82) is 0 Å². The first-order chi connectivity index (χ1) is 31.9. The molecule has 0 bridgehead atoms. The number of likely N-dealkylation sites (tertiary alicyclic amines) is 1. The van der Waals surface area contributed by atoms with Gasteiger partial charge in [0, 0.05) is 19.5 Å². The summed E-state index contributed by atoms with van der Waals surface area (Å²) in [6, 6.07) is -1.60. The monoisotopic (exact) mass is 1080 g/mol. The maximum absolute atomic E-state index is 13.1. The topological polar surface area (TPSA) is 417 Å². The molecule has 14 atom stereocenters. The Labute approximate surface area is 477 Å². The summed E-state index contributed by atoms with van der Waals surface area (Å²) in [6.07, 6.45) is -8.39. The number of carboxylic acid groups (broad SMARTS) is 1. The maximum atomic E-state index is 13.1. The summed E-state index contributed by atoms with van der Waals surface area (Å²) in [6.45, 7) is 14.1. The van der Waals surface area contributed by atoms with Crippen LogP contribution >= 0.6 is 0 Å². The molecule has 71 heavy (non-hydrogen) atoms. The van der Waals surface area contributed by atoms with Crippen LogP contribution in [0.1, 0.15) is 44.7 Å². The quantitative estimate of drug-likeness (QED) is 0.0137. The number of nitrogens with zero attached hydrogens (tertiary/aromatic N) is 5. The van der Waals surface area contributed by atoms with E-state index in [2.05, 4.69) is 30.4 Å². The van der Waals surface area contributed by atoms with Gasteiger partial charge in [0.15, 0.2) is 6.29 Å². The molecule has 1 aromatic heterocycles. The minimum Gasteiger partial charge on any atom is -0.726 e. The molecule has 0 spiro atoms. The molecular formula is C38H56N6Na3O22S2-. The van der Waals surface area contributed by atoms with Gasteiger partial charge in [-0.1, -0.05) is 30.3 Å². The first kappa shape index (κ1) is 69.8. The van der Waals surface area contributed by atoms with Crippen LogP contribution in [-0.4, -0.2) is 206 Å². The summed E-state index contributed by atoms with van der Waals surface area (Å²) in [4.78, 5) is 54.0. The molecule has 3 amide bonds. The number of hydrogen-bond donors (Lipinski definition) is 5. The van der Waals surface area contributed by atoms with Gasteiger partial charge in [0.2, 0.25) is 28.1 Å². The van der Waals surface area contributed by atoms with Crippen molar-refractivity contribution in [2.45, 2.75) is 126 Å². The molecule has 4 aliphatic heterocycles. The molecule has 0 aliphatic carbocycles. The second kappa shape index (κ2) is 33.7. The van der Waals surface area contributed by atoms with Crippen LogP contribution in [0.3, 0.4) is 0 Å². The zero-order valence-electron chi connectivity index (χ0n) is 39.7. The van der Waals surface area contributed by atoms with E-state index in [1.807, 2.05) is 6.92 Å². The number of carbonyl (C=O) groups is 4. The molecule has 0 radical (unpaired) electrons. The minimum atomic E-state index is -4.92. The Kier molecular flexibility index (Phi) is 33.1. The van der Waals surface area contributed by atoms with Crippen LogP contribution in [0.5, 0.6) is 0 Å². The van der Waals surface area contributed by atoms with Crippen LogP contribution in [0, 0.1) is 18.8 Å². The van der Waals surface area contributed by atoms with Gasteiger partial charge in [-0.25, -0.2) is 13.1 Å². The number of aliphatic hydroxyl groups is 4. The maximum Gasteiger partial charge on any atom is 1.00 e. The van der Waals surface area contributed by atoms with Crippen molar-refractivity contribution in [3.63, 3.8) is 0 Å². The number of nitrogens with one attached hydrogen (secondary N) is 1. The van der Waals surface area contributed by atoms with E-state index in [0.717, 1.165) is 0 Å². The number of carbonyl (C=O) groups excluding carboxylic acids is 4. The van der Waals surface area contributed by atoms with Crippen molar-refractivity contribution in [1.82, 2.24) is 24.8 Å². The summed E-state index contributed by atoms with van der Waals surface area (Å²) < 4.78 is 92.5. The minimum absolute atomic E-state index is 0. The molecule has 28 nitrogen and oxygen atoms in total. The molecule has 5 rings (SSSR count). The number of rotatable bonds is 22. The molecule has 1 aromatic rings. The normalized spacial score (nSPS) is 29.8. The van der Waals surface area contributed by atoms with Gasteiger partial charge < -0.3 is 80.9 Å². The van der Waals surface area contributed by atoms with E-state index in [1.165, 1.54) is 4.90 Å². The Bertz CT molecular complexity index is 2050. The van der Waals surface area contributed by atoms with Gasteiger partial charge >= 0.3 is 99.3 Å². The molecular weight excluding hydrogens is 1030 g/mol. The van der Waals surface area contributed by atoms with Gasteiger partial charge in [-0.05, 0) is 31.8 Å². The van der Waals surface area contributed by atoms with E-state index in [9.17, 15) is 44.7 Å². The molecule has 386 valence electrons. The average molecular weight is 1080 g/mol. The number of hydrogen-bond acceptors (Lipinski definition) is 23. The van der Waals surface area contributed by atoms with Crippen LogP contribution in [-0.2, 0) is 81.7 Å². The number of ether oxygens (including phenoxy) is 6. The second-order valence-electron chi connectivity index (χ2n) is 15.5. The predicted molar refractivity (Wildman–Crippen MR) is 220 cm³/mol. The van der Waals surface area contributed by atoms with Crippen LogP contribution < -0.4 is 93.8 Å². The molecule has 6 N–H and O–H groups in total. The fourth-order valence-corrected chi connectivity index (χ4v) is 7.57. The second-order valence-corrected chi connectivity index (χ2v) is 16.8. The van der Waals surface area contributed by atoms with Gasteiger partial charge in [0.25, 0.3) is 0 Å². The number of imide groups is 1. The average Bonchev–Trinajstić information content (AvgIpc) is 3.95. The fraction of sp³-hybridized carbons (Fsp3) is 0.711. The molecule has 4 fully saturated rings. The van der Waals surface area contributed by atoms with Crippen molar-refractivity contribution >= 4 is 44.7 Å². The number of fused-ring (bicyclic) bond motifs is 1. The number of carboxylic acids is 1. The van der Waals surface area contributed by atoms with E-state index in [4.69, 9.17) is 64.3 Å². The summed E-state index contributed by atoms with van der Waals surface area (Å²) >= 11 is 0. The Morgan fingerprint density at radius 2 is 1.49 bits per heavy atom. The number of aliphatic hydroxyl groups excluding tert-OH is 4. The number of aromatic nitrogens is 3. The first-order valence-corrected chi connectivity index (χ1v) is 23.3. The Morgan fingerprint density at radius 1 is 0.915 bits per heavy atom. The third kappa shape index (κ3) is 21.4. The smallest absolute Gasteiger partial charge is 0.726 e. The molecule has 4 aliphatic rings. The van der Waals surface area contributed by atoms with Gasteiger partial charge in [-0.2, -0.15) is 0 Å². The molecule has 5 heterocycles. The van der Waals surface area contributed by atoms with Crippen molar-refractivity contribution < 1.29 is 192 Å². The van der Waals surface area contributed by atoms with Gasteiger partial charge in [0.1, 0.15) is 36.4 Å². The zero-order valence-corrected chi connectivity index (χ0v) is 47.3. The molecule has 4 saturated heterocycles. The van der Waals surface area contributed by atoms with Crippen molar-refractivity contribution in [3.05, 3.63) is 49.9 Å². The summed E-state index contributed by atoms with van der Waals surface area (Å²) in [7, 11) is -8.03. The SMILES string of the molecule is C=C[C@@H]1O[C@H](C=C)[C@@H]2C(=O)N(CCCCCN(Cc3cn(CCOCCO[C@@H]4OC(C(=O)[O-])[C@@H](O[C@H]5OC([CH2-])[C@@H](O)[C@H](O)C5[NH-])[C@H](O)C4O)nn3)C(=O)CCC)C(=O)[C@@H]21.O=S(=O)([O-])O.O=S(=O)=O.[Na+].[Na+].[Na+]. The number of aliphatic carboxylic acids is 1. The van der Waals surface area contributed by atoms with Crippen LogP contribution in [0.4, 0.5) is 0 Å². The Morgan fingerprint density at radius 3 is 2.03 bits per heavy atom. The van der Waals surface area contributed by atoms with E-state index < -0.39 is 112 Å². The van der Waals surface area contributed by atoms with Gasteiger partial charge in [0.05, 0.1) is 81.3 Å². The van der Waals surface area contributed by atoms with Gasteiger partial charge in [-0.3, -0.25) is 23.8 Å². The molecule has 33 heteroatoms. The Hall–Kier alpha value is -1.25. The van der Waals surface area contributed by atoms with E-state index in [-0.39, 0.29) is 146 Å². The van der Waals surface area contributed by atoms with E-state index >= 15 is 0 Å². The standard InChI is InChI=1S/C38H56N6O15.3Na.H2O4S.O3S/c1-5-11-24(45)42(12-9-8-10-13-44-34(50)25-22(6-2)57-23(7-3)26(25)35(44)51)18-21-19-43(41-40-21)14-15-54-16-17-55-38-31(49)30(48)32(33(59-38)36(52)53)58-37-27(39)29(47)28(46)20(4)56-37;;;;1-5(2,3)4;1-4(2)3/h6-7,19-20,22-23,25-33,37-39,46-49H,2-5,8-18H2,1H3,(H,52,53);;;;(H2,1,2,3,4);/q-2;3*+1;;/p-2/t20?,22-,23+,25+,26-,27?,28-,29-,30-,31?,32+,33?,37-,38-;;;;;/m1...../s1. The summed E-state index contributed by atoms with van der Waals surface area (Å²) in [5.74, 6) is -3.52. The summed E-state index contributed by atoms with van der Waals surface area (Å²) in [5, 5.41) is 61.5. The molecule has 0 saturated carbocycles. The van der Waals surface area contributed by atoms with E-state index in [1.54, 1.807) is 27.9 Å². The zero-order chi connectivity index (χ0) is 51.0. The third-order valence-corrected chi connectivity index (χ3v) is 10.8. The largest absolute Gasteiger partial charge is 1.00 e. The predicted octanol–water partition coefficient (Wildman–Crippen LogP) is -13.4. The van der Waals surface area contributed by atoms with Crippen LogP contribution in [0.15, 0.2) is 31.5 Å². The third-order valence-electron chi connectivity index (χ3n) is 10.8. The van der Waals surface area contributed by atoms with Crippen LogP contribution in [0.2, 0.25) is 0 Å². The van der Waals surface area contributed by atoms with Crippen molar-refractivity contribution in [3.8, 4) is 0 Å². The van der Waals surface area contributed by atoms with Crippen molar-refractivity contribution in [2.75, 3.05) is 32.9 Å². The molecule has 4 unspecified atom stereocenters. The van der Waals surface area contributed by atoms with Crippen LogP contribution in [0.25, 0.3) is 5.73 Å². The number of amides is 3. The van der Waals surface area contributed by atoms with Crippen molar-refractivity contribution in [2.24, 2.45) is 11.8 Å². The fourth-order valence-electron chi connectivity index (χ4n) is 7.57. The molecule has 0 aromatic carbocycles. The number of unbranched alkanes of at least 4 members (excludes halogenated alkanes) is 2. The van der Waals surface area contributed by atoms with Gasteiger partial charge in [-0.15, -0.1) is 30.9 Å². The Balaban J connectivity index is 0.00000375. The van der Waals surface area contributed by atoms with E-state index in [0.29, 0.717) is 44.3 Å². The first-order valence-electron chi connectivity index (χ1n) is 21.0.